The van der Waals surface area contributed by atoms with Gasteiger partial charge >= 0.3 is 0 Å². The lowest BCUT2D eigenvalue weighted by Gasteiger charge is -2.45. The van der Waals surface area contributed by atoms with Crippen LogP contribution in [-0.4, -0.2) is 0 Å². The van der Waals surface area contributed by atoms with Crippen molar-refractivity contribution in [1.82, 2.24) is 0 Å². The first-order chi connectivity index (χ1) is 11.1. The lowest BCUT2D eigenvalue weighted by molar-refractivity contribution is -0.768. The fourth-order valence-electron chi connectivity index (χ4n) is 4.86. The summed E-state index contributed by atoms with van der Waals surface area (Å²) >= 11 is 1.95. The van der Waals surface area contributed by atoms with Gasteiger partial charge in [-0.2, -0.15) is 4.57 Å². The Morgan fingerprint density at radius 3 is 2.39 bits per heavy atom. The standard InChI is InChI=1S/C21H24NS/c1-5-21(6-2)20(3,4)18-15-11-7-8-13-17(15)23-19(18)16-12-9-10-14-22(16)21/h7-14H,5-6H2,1-4H3/q+1. The van der Waals surface area contributed by atoms with Gasteiger partial charge in [-0.1, -0.05) is 32.0 Å². The van der Waals surface area contributed by atoms with Crippen molar-refractivity contribution >= 4 is 21.4 Å². The van der Waals surface area contributed by atoms with E-state index in [0.717, 1.165) is 12.8 Å². The van der Waals surface area contributed by atoms with Crippen LogP contribution in [0.4, 0.5) is 0 Å². The van der Waals surface area contributed by atoms with Crippen LogP contribution in [0.25, 0.3) is 20.7 Å². The maximum Gasteiger partial charge on any atom is 0.223 e. The van der Waals surface area contributed by atoms with Gasteiger partial charge in [0.1, 0.15) is 4.88 Å². The first-order valence-electron chi connectivity index (χ1n) is 8.60. The van der Waals surface area contributed by atoms with Gasteiger partial charge in [-0.25, -0.2) is 0 Å². The summed E-state index contributed by atoms with van der Waals surface area (Å²) in [6.07, 6.45) is 4.57. The van der Waals surface area contributed by atoms with E-state index in [1.807, 2.05) is 11.3 Å². The zero-order valence-corrected chi connectivity index (χ0v) is 15.2. The molecule has 1 nitrogen and oxygen atoms in total. The minimum atomic E-state index is 0.102. The molecule has 0 fully saturated rings. The molecule has 118 valence electrons. The highest BCUT2D eigenvalue weighted by atomic mass is 32.1. The lowest BCUT2D eigenvalue weighted by Crippen LogP contribution is -2.67. The van der Waals surface area contributed by atoms with Gasteiger partial charge in [0.2, 0.25) is 5.69 Å². The summed E-state index contributed by atoms with van der Waals surface area (Å²) in [5.41, 5.74) is 3.16. The van der Waals surface area contributed by atoms with Crippen molar-refractivity contribution in [1.29, 1.82) is 0 Å². The highest BCUT2D eigenvalue weighted by Crippen LogP contribution is 2.54. The van der Waals surface area contributed by atoms with Crippen LogP contribution in [0.3, 0.4) is 0 Å². The van der Waals surface area contributed by atoms with Gasteiger partial charge in [0.25, 0.3) is 0 Å². The molecule has 0 radical (unpaired) electrons. The molecule has 3 heterocycles. The molecule has 0 spiro atoms. The number of thiophene rings is 1. The second kappa shape index (κ2) is 4.91. The van der Waals surface area contributed by atoms with Crippen LogP contribution in [0.5, 0.6) is 0 Å². The number of nitrogens with zero attached hydrogens (tertiary/aromatic N) is 1. The quantitative estimate of drug-likeness (QED) is 0.536. The molecule has 1 aromatic carbocycles. The number of fused-ring (bicyclic) bond motifs is 5. The summed E-state index contributed by atoms with van der Waals surface area (Å²) in [4.78, 5) is 1.45. The number of pyridine rings is 1. The van der Waals surface area contributed by atoms with E-state index in [9.17, 15) is 0 Å². The van der Waals surface area contributed by atoms with Crippen LogP contribution in [0.15, 0.2) is 48.7 Å². The average molecular weight is 322 g/mol. The van der Waals surface area contributed by atoms with E-state index in [4.69, 9.17) is 0 Å². The van der Waals surface area contributed by atoms with E-state index in [-0.39, 0.29) is 11.0 Å². The van der Waals surface area contributed by atoms with Crippen LogP contribution >= 0.6 is 11.3 Å². The molecule has 2 heteroatoms. The monoisotopic (exact) mass is 322 g/mol. The molecule has 1 aliphatic rings. The number of aromatic nitrogens is 1. The highest BCUT2D eigenvalue weighted by molar-refractivity contribution is 7.22. The maximum absolute atomic E-state index is 2.56. The normalized spacial score (nSPS) is 17.7. The first kappa shape index (κ1) is 14.9. The molecular weight excluding hydrogens is 298 g/mol. The molecule has 2 aromatic heterocycles. The third-order valence-corrected chi connectivity index (χ3v) is 7.30. The zero-order chi connectivity index (χ0) is 16.2. The first-order valence-corrected chi connectivity index (χ1v) is 9.42. The Morgan fingerprint density at radius 1 is 0.957 bits per heavy atom. The second-order valence-corrected chi connectivity index (χ2v) is 8.17. The van der Waals surface area contributed by atoms with E-state index >= 15 is 0 Å². The molecule has 1 aliphatic heterocycles. The molecule has 23 heavy (non-hydrogen) atoms. The van der Waals surface area contributed by atoms with Gasteiger partial charge in [-0.05, 0) is 36.9 Å². The lowest BCUT2D eigenvalue weighted by atomic mass is 9.62. The van der Waals surface area contributed by atoms with Crippen molar-refractivity contribution < 1.29 is 4.57 Å². The largest absolute Gasteiger partial charge is 0.223 e. The molecule has 0 aliphatic carbocycles. The van der Waals surface area contributed by atoms with Gasteiger partial charge in [0, 0.05) is 29.7 Å². The topological polar surface area (TPSA) is 3.88 Å². The summed E-state index contributed by atoms with van der Waals surface area (Å²) in [7, 11) is 0. The van der Waals surface area contributed by atoms with E-state index < -0.39 is 0 Å². The van der Waals surface area contributed by atoms with E-state index in [0.29, 0.717) is 0 Å². The molecule has 3 aromatic rings. The van der Waals surface area contributed by atoms with Crippen LogP contribution < -0.4 is 4.57 Å². The number of hydrogen-bond acceptors (Lipinski definition) is 1. The molecule has 0 bridgehead atoms. The molecular formula is C21H24NS+. The molecule has 0 saturated carbocycles. The van der Waals surface area contributed by atoms with Gasteiger partial charge in [0.05, 0.1) is 5.41 Å². The minimum absolute atomic E-state index is 0.102. The van der Waals surface area contributed by atoms with Crippen molar-refractivity contribution in [2.75, 3.05) is 0 Å². The van der Waals surface area contributed by atoms with E-state index in [2.05, 4.69) is 80.9 Å². The number of benzene rings is 1. The minimum Gasteiger partial charge on any atom is -0.191 e. The van der Waals surface area contributed by atoms with Crippen molar-refractivity contribution in [2.24, 2.45) is 0 Å². The molecule has 0 N–H and O–H groups in total. The summed E-state index contributed by atoms with van der Waals surface area (Å²) in [5.74, 6) is 0. The Labute approximate surface area is 142 Å². The third kappa shape index (κ3) is 1.70. The fourth-order valence-corrected chi connectivity index (χ4v) is 6.24. The predicted molar refractivity (Wildman–Crippen MR) is 99.0 cm³/mol. The Bertz CT molecular complexity index is 884. The molecule has 0 amide bonds. The zero-order valence-electron chi connectivity index (χ0n) is 14.4. The van der Waals surface area contributed by atoms with Crippen LogP contribution in [-0.2, 0) is 11.0 Å². The predicted octanol–water partition coefficient (Wildman–Crippen LogP) is 5.66. The second-order valence-electron chi connectivity index (χ2n) is 7.12. The van der Waals surface area contributed by atoms with Crippen molar-refractivity contribution in [3.8, 4) is 10.6 Å². The Hall–Kier alpha value is -1.67. The van der Waals surface area contributed by atoms with Gasteiger partial charge in [-0.15, -0.1) is 11.3 Å². The maximum atomic E-state index is 2.56. The summed E-state index contributed by atoms with van der Waals surface area (Å²) in [6.45, 7) is 9.57. The Kier molecular flexibility index (Phi) is 3.18. The molecule has 4 rings (SSSR count). The molecule has 0 saturated heterocycles. The summed E-state index contributed by atoms with van der Waals surface area (Å²) in [5, 5.41) is 1.44. The third-order valence-electron chi connectivity index (χ3n) is 6.11. The van der Waals surface area contributed by atoms with Gasteiger partial charge in [-0.3, -0.25) is 0 Å². The van der Waals surface area contributed by atoms with Crippen LogP contribution in [0.2, 0.25) is 0 Å². The Balaban J connectivity index is 2.20. The van der Waals surface area contributed by atoms with Crippen LogP contribution in [0.1, 0.15) is 46.1 Å². The molecule has 0 unspecified atom stereocenters. The van der Waals surface area contributed by atoms with Gasteiger partial charge < -0.3 is 0 Å². The summed E-state index contributed by atoms with van der Waals surface area (Å²) < 4.78 is 3.97. The Morgan fingerprint density at radius 2 is 1.65 bits per heavy atom. The molecule has 0 atom stereocenters. The van der Waals surface area contributed by atoms with Crippen LogP contribution in [0, 0.1) is 0 Å². The van der Waals surface area contributed by atoms with E-state index in [1.165, 1.54) is 20.7 Å². The van der Waals surface area contributed by atoms with E-state index in [1.54, 1.807) is 5.56 Å². The van der Waals surface area contributed by atoms with Gasteiger partial charge in [0.15, 0.2) is 11.7 Å². The fraction of sp³-hybridized carbons (Fsp3) is 0.381. The number of hydrogen-bond donors (Lipinski definition) is 0. The number of rotatable bonds is 2. The van der Waals surface area contributed by atoms with Crippen molar-refractivity contribution in [2.45, 2.75) is 51.5 Å². The SMILES string of the molecule is CCC1(CC)[n+]2ccccc2-c2sc3ccccc3c2C1(C)C. The summed E-state index contributed by atoms with van der Waals surface area (Å²) in [6, 6.07) is 15.6. The van der Waals surface area contributed by atoms with Crippen molar-refractivity contribution in [3.05, 3.63) is 54.2 Å². The average Bonchev–Trinajstić information content (AvgIpc) is 2.96. The highest BCUT2D eigenvalue weighted by Gasteiger charge is 2.57. The smallest absolute Gasteiger partial charge is 0.191 e. The van der Waals surface area contributed by atoms with Crippen molar-refractivity contribution in [3.63, 3.8) is 0 Å².